The van der Waals surface area contributed by atoms with Crippen LogP contribution in [-0.4, -0.2) is 41.0 Å². The fourth-order valence-corrected chi connectivity index (χ4v) is 4.33. The van der Waals surface area contributed by atoms with Crippen LogP contribution >= 0.6 is 11.6 Å². The summed E-state index contributed by atoms with van der Waals surface area (Å²) in [5.74, 6) is 0.608. The molecule has 7 heteroatoms. The number of aromatic nitrogens is 2. The number of aryl methyl sites for hydroxylation is 1. The highest BCUT2D eigenvalue weighted by atomic mass is 35.5. The molecule has 2 saturated heterocycles. The van der Waals surface area contributed by atoms with E-state index in [1.165, 1.54) is 6.08 Å². The topological polar surface area (TPSA) is 70.2 Å². The van der Waals surface area contributed by atoms with Gasteiger partial charge in [-0.2, -0.15) is 0 Å². The van der Waals surface area contributed by atoms with Gasteiger partial charge in [-0.15, -0.1) is 0 Å². The fraction of sp³-hybridized carbons (Fsp3) is 0.261. The Labute approximate surface area is 180 Å². The molecule has 1 aromatic heterocycles. The smallest absolute Gasteiger partial charge is 0.248 e. The number of hydrogen-bond donors (Lipinski definition) is 2. The van der Waals surface area contributed by atoms with Crippen LogP contribution in [0.4, 0.5) is 11.6 Å². The van der Waals surface area contributed by atoms with Crippen LogP contribution in [0.5, 0.6) is 0 Å². The molecule has 2 N–H and O–H groups in total. The van der Waals surface area contributed by atoms with Crippen molar-refractivity contribution in [2.24, 2.45) is 0 Å². The van der Waals surface area contributed by atoms with Crippen molar-refractivity contribution >= 4 is 46.1 Å². The molecule has 0 spiro atoms. The number of fused-ring (bicyclic) bond motifs is 3. The largest absolute Gasteiger partial charge is 0.335 e. The Kier molecular flexibility index (Phi) is 4.89. The van der Waals surface area contributed by atoms with Crippen LogP contribution in [0.2, 0.25) is 5.02 Å². The molecule has 3 aromatic rings. The van der Waals surface area contributed by atoms with Crippen molar-refractivity contribution in [2.75, 3.05) is 23.3 Å². The third kappa shape index (κ3) is 3.76. The Morgan fingerprint density at radius 3 is 2.80 bits per heavy atom. The molecule has 2 atom stereocenters. The van der Waals surface area contributed by atoms with Gasteiger partial charge >= 0.3 is 0 Å². The normalized spacial score (nSPS) is 20.4. The minimum absolute atomic E-state index is 0.194. The molecule has 2 aromatic carbocycles. The molecule has 6 nitrogen and oxygen atoms in total. The number of piperazine rings is 1. The monoisotopic (exact) mass is 419 g/mol. The quantitative estimate of drug-likeness (QED) is 0.629. The van der Waals surface area contributed by atoms with E-state index in [1.807, 2.05) is 37.3 Å². The lowest BCUT2D eigenvalue weighted by molar-refractivity contribution is -0.111. The Morgan fingerprint density at radius 1 is 1.23 bits per heavy atom. The van der Waals surface area contributed by atoms with E-state index in [0.717, 1.165) is 53.3 Å². The van der Waals surface area contributed by atoms with Gasteiger partial charge in [-0.05, 0) is 55.3 Å². The van der Waals surface area contributed by atoms with Gasteiger partial charge in [0.25, 0.3) is 0 Å². The van der Waals surface area contributed by atoms with E-state index in [9.17, 15) is 4.79 Å². The molecule has 2 unspecified atom stereocenters. The van der Waals surface area contributed by atoms with E-state index >= 15 is 0 Å². The lowest BCUT2D eigenvalue weighted by Crippen LogP contribution is -2.44. The molecule has 2 aliphatic rings. The van der Waals surface area contributed by atoms with Gasteiger partial charge in [-0.1, -0.05) is 23.7 Å². The molecule has 1 amide bonds. The summed E-state index contributed by atoms with van der Waals surface area (Å²) in [6, 6.07) is 14.1. The highest BCUT2D eigenvalue weighted by Gasteiger charge is 2.38. The van der Waals surface area contributed by atoms with Crippen molar-refractivity contribution < 1.29 is 4.79 Å². The molecule has 0 aliphatic carbocycles. The van der Waals surface area contributed by atoms with E-state index < -0.39 is 0 Å². The molecule has 0 radical (unpaired) electrons. The van der Waals surface area contributed by atoms with E-state index in [0.29, 0.717) is 17.1 Å². The molecule has 0 saturated carbocycles. The van der Waals surface area contributed by atoms with Gasteiger partial charge in [0.2, 0.25) is 11.9 Å². The Morgan fingerprint density at radius 2 is 2.07 bits per heavy atom. The van der Waals surface area contributed by atoms with Crippen molar-refractivity contribution in [3.05, 3.63) is 64.8 Å². The zero-order chi connectivity index (χ0) is 20.7. The lowest BCUT2D eigenvalue weighted by Gasteiger charge is -2.27. The third-order valence-corrected chi connectivity index (χ3v) is 6.00. The highest BCUT2D eigenvalue weighted by Crippen LogP contribution is 2.29. The number of benzene rings is 2. The Hall–Kier alpha value is -2.96. The average molecular weight is 420 g/mol. The van der Waals surface area contributed by atoms with Gasteiger partial charge in [0.15, 0.2) is 0 Å². The number of carbonyl (C=O) groups is 1. The highest BCUT2D eigenvalue weighted by molar-refractivity contribution is 6.30. The maximum Gasteiger partial charge on any atom is 0.248 e. The zero-order valence-corrected chi connectivity index (χ0v) is 17.4. The maximum atomic E-state index is 12.3. The summed E-state index contributed by atoms with van der Waals surface area (Å²) in [5.41, 5.74) is 3.44. The number of rotatable bonds is 4. The Bertz CT molecular complexity index is 1140. The number of hydrogen-bond acceptors (Lipinski definition) is 5. The minimum Gasteiger partial charge on any atom is -0.335 e. The van der Waals surface area contributed by atoms with Crippen LogP contribution in [0, 0.1) is 6.92 Å². The molecule has 3 heterocycles. The first-order valence-electron chi connectivity index (χ1n) is 10.1. The van der Waals surface area contributed by atoms with Gasteiger partial charge in [-0.3, -0.25) is 4.79 Å². The summed E-state index contributed by atoms with van der Waals surface area (Å²) >= 11 is 5.89. The fourth-order valence-electron chi connectivity index (χ4n) is 4.21. The molecule has 30 heavy (non-hydrogen) atoms. The van der Waals surface area contributed by atoms with Crippen LogP contribution in [-0.2, 0) is 4.79 Å². The van der Waals surface area contributed by atoms with Crippen molar-refractivity contribution in [3.63, 3.8) is 0 Å². The van der Waals surface area contributed by atoms with Crippen molar-refractivity contribution in [1.29, 1.82) is 0 Å². The first-order chi connectivity index (χ1) is 14.5. The average Bonchev–Trinajstić information content (AvgIpc) is 3.37. The Balaban J connectivity index is 1.33. The van der Waals surface area contributed by atoms with Gasteiger partial charge in [-0.25, -0.2) is 9.97 Å². The molecule has 152 valence electrons. The SMILES string of the molecule is Cc1nc(N2CC3CC2CN3)nc2ccc(NC(=O)/C=C\c3ccc(Cl)cc3)cc12. The predicted molar refractivity (Wildman–Crippen MR) is 121 cm³/mol. The second-order valence-corrected chi connectivity index (χ2v) is 8.30. The summed E-state index contributed by atoms with van der Waals surface area (Å²) in [6.45, 7) is 3.95. The first-order valence-corrected chi connectivity index (χ1v) is 10.5. The minimum atomic E-state index is -0.194. The summed E-state index contributed by atoms with van der Waals surface area (Å²) in [5, 5.41) is 8.03. The number of anilines is 2. The molecular weight excluding hydrogens is 398 g/mol. The van der Waals surface area contributed by atoms with Crippen LogP contribution in [0.25, 0.3) is 17.0 Å². The van der Waals surface area contributed by atoms with Gasteiger partial charge in [0, 0.05) is 47.3 Å². The van der Waals surface area contributed by atoms with Crippen LogP contribution in [0.3, 0.4) is 0 Å². The standard InChI is InChI=1S/C23H22ClN5O/c1-14-20-11-17(27-22(30)9-4-15-2-5-16(24)6-3-15)7-8-21(20)28-23(26-14)29-13-18-10-19(29)12-25-18/h2-9,11,18-19,25H,10,12-13H2,1H3,(H,27,30)/b9-4-. The van der Waals surface area contributed by atoms with Crippen LogP contribution in [0.1, 0.15) is 17.7 Å². The molecule has 2 aliphatic heterocycles. The number of nitrogens with one attached hydrogen (secondary N) is 2. The van der Waals surface area contributed by atoms with Crippen molar-refractivity contribution in [3.8, 4) is 0 Å². The zero-order valence-electron chi connectivity index (χ0n) is 16.6. The molecule has 2 bridgehead atoms. The second-order valence-electron chi connectivity index (χ2n) is 7.86. The number of amides is 1. The third-order valence-electron chi connectivity index (χ3n) is 5.75. The summed E-state index contributed by atoms with van der Waals surface area (Å²) in [7, 11) is 0. The number of halogens is 1. The number of carbonyl (C=O) groups excluding carboxylic acids is 1. The number of nitrogens with zero attached hydrogens (tertiary/aromatic N) is 3. The van der Waals surface area contributed by atoms with Gasteiger partial charge < -0.3 is 15.5 Å². The van der Waals surface area contributed by atoms with Crippen LogP contribution < -0.4 is 15.5 Å². The van der Waals surface area contributed by atoms with E-state index in [4.69, 9.17) is 21.6 Å². The summed E-state index contributed by atoms with van der Waals surface area (Å²) in [6.07, 6.45) is 4.43. The van der Waals surface area contributed by atoms with Gasteiger partial charge in [0.1, 0.15) is 0 Å². The molecule has 5 rings (SSSR count). The lowest BCUT2D eigenvalue weighted by atomic mass is 10.1. The summed E-state index contributed by atoms with van der Waals surface area (Å²) in [4.78, 5) is 24.2. The second kappa shape index (κ2) is 7.70. The van der Waals surface area contributed by atoms with E-state index in [2.05, 4.69) is 15.5 Å². The van der Waals surface area contributed by atoms with Crippen molar-refractivity contribution in [2.45, 2.75) is 25.4 Å². The predicted octanol–water partition coefficient (Wildman–Crippen LogP) is 3.79. The molecular formula is C23H22ClN5O. The summed E-state index contributed by atoms with van der Waals surface area (Å²) < 4.78 is 0. The first kappa shape index (κ1) is 19.0. The van der Waals surface area contributed by atoms with E-state index in [-0.39, 0.29) is 5.91 Å². The van der Waals surface area contributed by atoms with E-state index in [1.54, 1.807) is 18.2 Å². The van der Waals surface area contributed by atoms with Crippen LogP contribution in [0.15, 0.2) is 48.5 Å². The molecule has 2 fully saturated rings. The van der Waals surface area contributed by atoms with Crippen molar-refractivity contribution in [1.82, 2.24) is 15.3 Å². The maximum absolute atomic E-state index is 12.3. The van der Waals surface area contributed by atoms with Gasteiger partial charge in [0.05, 0.1) is 11.2 Å².